The lowest BCUT2D eigenvalue weighted by Crippen LogP contribution is -2.34. The Labute approximate surface area is 161 Å². The number of pyridine rings is 1. The van der Waals surface area contributed by atoms with Gasteiger partial charge in [-0.2, -0.15) is 5.10 Å². The Kier molecular flexibility index (Phi) is 3.72. The number of nitrogens with zero attached hydrogens (tertiary/aromatic N) is 4. The topological polar surface area (TPSA) is 43.8 Å². The fourth-order valence-corrected chi connectivity index (χ4v) is 4.24. The number of hydrazone groups is 1. The first-order valence-corrected chi connectivity index (χ1v) is 9.73. The first-order chi connectivity index (χ1) is 13.2. The van der Waals surface area contributed by atoms with Gasteiger partial charge in [0.2, 0.25) is 0 Å². The van der Waals surface area contributed by atoms with Gasteiger partial charge in [0.15, 0.2) is 0 Å². The predicted molar refractivity (Wildman–Crippen MR) is 111 cm³/mol. The number of rotatable bonds is 3. The van der Waals surface area contributed by atoms with Gasteiger partial charge >= 0.3 is 0 Å². The molecule has 134 valence electrons. The molecule has 4 heterocycles. The minimum atomic E-state index is 0.125. The van der Waals surface area contributed by atoms with Crippen molar-refractivity contribution in [2.75, 3.05) is 4.90 Å². The molecule has 1 N–H and O–H groups in total. The molecule has 5 nitrogen and oxygen atoms in total. The van der Waals surface area contributed by atoms with Gasteiger partial charge in [-0.15, -0.1) is 11.3 Å². The first-order valence-electron chi connectivity index (χ1n) is 8.91. The summed E-state index contributed by atoms with van der Waals surface area (Å²) in [5, 5.41) is 8.95. The molecule has 2 aromatic heterocycles. The van der Waals surface area contributed by atoms with E-state index < -0.39 is 0 Å². The van der Waals surface area contributed by atoms with Crippen molar-refractivity contribution in [1.82, 2.24) is 15.5 Å². The van der Waals surface area contributed by atoms with E-state index in [9.17, 15) is 0 Å². The number of benzene rings is 1. The summed E-state index contributed by atoms with van der Waals surface area (Å²) in [6.07, 6.45) is 8.08. The first kappa shape index (κ1) is 16.1. The second kappa shape index (κ2) is 6.25. The standard InChI is InChI=1S/C21H19N5S/c1-14-5-8-21(27-14)25-11-9-19-20(13-25)26(24-23-19)15(2)16-6-7-18-17(12-16)4-3-10-22-18/h3-13,15,24H,1-2H3. The maximum atomic E-state index is 4.48. The minimum Gasteiger partial charge on any atom is -0.313 e. The van der Waals surface area contributed by atoms with Crippen LogP contribution in [0.3, 0.4) is 0 Å². The second-order valence-electron chi connectivity index (χ2n) is 6.72. The molecule has 6 heteroatoms. The maximum absolute atomic E-state index is 4.48. The third-order valence-electron chi connectivity index (χ3n) is 4.93. The van der Waals surface area contributed by atoms with Crippen LogP contribution in [0.5, 0.6) is 0 Å². The average Bonchev–Trinajstić information content (AvgIpc) is 3.32. The number of aryl methyl sites for hydroxylation is 1. The number of hydrogen-bond acceptors (Lipinski definition) is 6. The molecule has 2 aliphatic rings. The zero-order chi connectivity index (χ0) is 18.4. The summed E-state index contributed by atoms with van der Waals surface area (Å²) in [5.41, 5.74) is 7.44. The van der Waals surface area contributed by atoms with Crippen molar-refractivity contribution >= 4 is 33.0 Å². The molecule has 0 bridgehead atoms. The number of hydrazine groups is 1. The van der Waals surface area contributed by atoms with E-state index in [2.05, 4.69) is 94.3 Å². The van der Waals surface area contributed by atoms with Gasteiger partial charge in [-0.05, 0) is 55.8 Å². The zero-order valence-electron chi connectivity index (χ0n) is 15.1. The number of nitrogens with one attached hydrogen (secondary N) is 1. The molecule has 1 unspecified atom stereocenters. The van der Waals surface area contributed by atoms with Crippen LogP contribution in [0.2, 0.25) is 0 Å². The normalized spacial score (nSPS) is 16.8. The van der Waals surface area contributed by atoms with Gasteiger partial charge in [0.25, 0.3) is 0 Å². The van der Waals surface area contributed by atoms with Crippen LogP contribution in [0.15, 0.2) is 77.9 Å². The van der Waals surface area contributed by atoms with Crippen molar-refractivity contribution in [3.8, 4) is 0 Å². The lowest BCUT2D eigenvalue weighted by atomic mass is 10.0. The van der Waals surface area contributed by atoms with Crippen molar-refractivity contribution < 1.29 is 0 Å². The number of anilines is 1. The van der Waals surface area contributed by atoms with Crippen LogP contribution < -0.4 is 10.4 Å². The highest BCUT2D eigenvalue weighted by Gasteiger charge is 2.29. The Balaban J connectivity index is 1.47. The smallest absolute Gasteiger partial charge is 0.113 e. The highest BCUT2D eigenvalue weighted by molar-refractivity contribution is 7.16. The third kappa shape index (κ3) is 2.78. The third-order valence-corrected chi connectivity index (χ3v) is 5.95. The van der Waals surface area contributed by atoms with E-state index in [-0.39, 0.29) is 6.04 Å². The molecular weight excluding hydrogens is 354 g/mol. The summed E-state index contributed by atoms with van der Waals surface area (Å²) in [5.74, 6) is 0. The molecular formula is C21H19N5S. The van der Waals surface area contributed by atoms with Crippen LogP contribution in [0.1, 0.15) is 23.4 Å². The van der Waals surface area contributed by atoms with Crippen molar-refractivity contribution in [3.05, 3.63) is 83.3 Å². The van der Waals surface area contributed by atoms with Crippen LogP contribution in [-0.2, 0) is 0 Å². The Hall–Kier alpha value is -3.12. The monoisotopic (exact) mass is 373 g/mol. The van der Waals surface area contributed by atoms with Gasteiger partial charge in [-0.3, -0.25) is 9.99 Å². The SMILES string of the molecule is Cc1ccc(N2C=CC3=NNN(C(C)c4ccc5ncccc5c4)C3=C2)s1. The van der Waals surface area contributed by atoms with Gasteiger partial charge in [-0.1, -0.05) is 12.1 Å². The number of thiophene rings is 1. The molecule has 1 aromatic carbocycles. The molecule has 27 heavy (non-hydrogen) atoms. The summed E-state index contributed by atoms with van der Waals surface area (Å²) in [7, 11) is 0. The summed E-state index contributed by atoms with van der Waals surface area (Å²) < 4.78 is 0. The molecule has 0 radical (unpaired) electrons. The molecule has 0 saturated heterocycles. The molecule has 0 amide bonds. The Morgan fingerprint density at radius 1 is 1.15 bits per heavy atom. The summed E-state index contributed by atoms with van der Waals surface area (Å²) in [6.45, 7) is 4.31. The number of aromatic nitrogens is 1. The molecule has 5 rings (SSSR count). The van der Waals surface area contributed by atoms with E-state index >= 15 is 0 Å². The van der Waals surface area contributed by atoms with Crippen molar-refractivity contribution in [1.29, 1.82) is 0 Å². The van der Waals surface area contributed by atoms with Crippen LogP contribution in [0.25, 0.3) is 10.9 Å². The average molecular weight is 373 g/mol. The van der Waals surface area contributed by atoms with Gasteiger partial charge < -0.3 is 4.90 Å². The molecule has 3 aromatic rings. The van der Waals surface area contributed by atoms with Gasteiger partial charge in [0.1, 0.15) is 11.4 Å². The minimum absolute atomic E-state index is 0.125. The van der Waals surface area contributed by atoms with Crippen LogP contribution in [0, 0.1) is 6.92 Å². The van der Waals surface area contributed by atoms with Crippen LogP contribution >= 0.6 is 11.3 Å². The number of allylic oxidation sites excluding steroid dienone is 1. The molecule has 0 saturated carbocycles. The van der Waals surface area contributed by atoms with E-state index in [1.54, 1.807) is 11.3 Å². The lowest BCUT2D eigenvalue weighted by molar-refractivity contribution is 0.217. The number of fused-ring (bicyclic) bond motifs is 2. The van der Waals surface area contributed by atoms with Gasteiger partial charge in [-0.25, -0.2) is 5.53 Å². The molecule has 0 spiro atoms. The summed E-state index contributed by atoms with van der Waals surface area (Å²) >= 11 is 1.78. The Bertz CT molecular complexity index is 1110. The highest BCUT2D eigenvalue weighted by Crippen LogP contribution is 2.33. The lowest BCUT2D eigenvalue weighted by Gasteiger charge is -2.29. The van der Waals surface area contributed by atoms with E-state index in [1.165, 1.54) is 15.4 Å². The largest absolute Gasteiger partial charge is 0.313 e. The summed E-state index contributed by atoms with van der Waals surface area (Å²) in [4.78, 5) is 7.87. The fourth-order valence-electron chi connectivity index (χ4n) is 3.41. The van der Waals surface area contributed by atoms with E-state index in [4.69, 9.17) is 0 Å². The van der Waals surface area contributed by atoms with Gasteiger partial charge in [0.05, 0.1) is 16.6 Å². The molecule has 0 aliphatic carbocycles. The zero-order valence-corrected chi connectivity index (χ0v) is 15.9. The Morgan fingerprint density at radius 3 is 2.93 bits per heavy atom. The number of hydrogen-bond donors (Lipinski definition) is 1. The molecule has 2 aliphatic heterocycles. The van der Waals surface area contributed by atoms with E-state index in [0.29, 0.717) is 0 Å². The van der Waals surface area contributed by atoms with E-state index in [0.717, 1.165) is 22.3 Å². The van der Waals surface area contributed by atoms with Gasteiger partial charge in [0, 0.05) is 28.9 Å². The Morgan fingerprint density at radius 2 is 2.07 bits per heavy atom. The van der Waals surface area contributed by atoms with Crippen molar-refractivity contribution in [2.45, 2.75) is 19.9 Å². The fraction of sp³-hybridized carbons (Fsp3) is 0.143. The molecule has 0 fully saturated rings. The van der Waals surface area contributed by atoms with Crippen molar-refractivity contribution in [3.63, 3.8) is 0 Å². The van der Waals surface area contributed by atoms with Crippen LogP contribution in [-0.4, -0.2) is 15.7 Å². The highest BCUT2D eigenvalue weighted by atomic mass is 32.1. The quantitative estimate of drug-likeness (QED) is 0.722. The van der Waals surface area contributed by atoms with Crippen LogP contribution in [0.4, 0.5) is 5.00 Å². The van der Waals surface area contributed by atoms with E-state index in [1.807, 2.05) is 12.3 Å². The van der Waals surface area contributed by atoms with Crippen molar-refractivity contribution in [2.24, 2.45) is 5.10 Å². The molecule has 1 atom stereocenters. The second-order valence-corrected chi connectivity index (χ2v) is 7.99. The summed E-state index contributed by atoms with van der Waals surface area (Å²) in [6, 6.07) is 14.9. The maximum Gasteiger partial charge on any atom is 0.113 e. The predicted octanol–water partition coefficient (Wildman–Crippen LogP) is 4.72.